The van der Waals surface area contributed by atoms with Crippen molar-refractivity contribution < 1.29 is 9.59 Å². The molecule has 94 valence electrons. The van der Waals surface area contributed by atoms with Gasteiger partial charge in [0.15, 0.2) is 0 Å². The molecule has 0 atom stereocenters. The van der Waals surface area contributed by atoms with Crippen LogP contribution in [-0.4, -0.2) is 36.4 Å². The molecule has 0 fully saturated rings. The smallest absolute Gasteiger partial charge is 0.220 e. The number of thiol groups is 2. The maximum Gasteiger partial charge on any atom is 0.220 e. The van der Waals surface area contributed by atoms with E-state index in [0.29, 0.717) is 37.4 Å². The average Bonchev–Trinajstić information content (AvgIpc) is 2.24. The second-order valence-electron chi connectivity index (χ2n) is 3.35. The van der Waals surface area contributed by atoms with Crippen molar-refractivity contribution in [2.24, 2.45) is 0 Å². The Bertz CT molecular complexity index is 191. The molecule has 6 heteroatoms. The number of nitrogens with one attached hydrogen (secondary N) is 2. The van der Waals surface area contributed by atoms with Crippen LogP contribution >= 0.6 is 25.3 Å². The predicted octanol–water partition coefficient (Wildman–Crippen LogP) is 0.639. The molecule has 0 rings (SSSR count). The fraction of sp³-hybridized carbons (Fsp3) is 0.800. The molecular formula is C10H20N2O2S2. The van der Waals surface area contributed by atoms with E-state index >= 15 is 0 Å². The van der Waals surface area contributed by atoms with Crippen molar-refractivity contribution in [3.63, 3.8) is 0 Å². The summed E-state index contributed by atoms with van der Waals surface area (Å²) in [6.07, 6.45) is 2.67. The maximum absolute atomic E-state index is 11.0. The topological polar surface area (TPSA) is 58.2 Å². The summed E-state index contributed by atoms with van der Waals surface area (Å²) in [7, 11) is 0. The van der Waals surface area contributed by atoms with Crippen molar-refractivity contribution >= 4 is 37.1 Å². The zero-order valence-electron chi connectivity index (χ0n) is 9.37. The third-order valence-electron chi connectivity index (χ3n) is 1.93. The van der Waals surface area contributed by atoms with Crippen LogP contribution < -0.4 is 10.6 Å². The Hall–Kier alpha value is -0.360. The summed E-state index contributed by atoms with van der Waals surface area (Å²) in [5, 5.41) is 5.57. The van der Waals surface area contributed by atoms with Crippen LogP contribution in [0.15, 0.2) is 0 Å². The molecule has 0 aromatic heterocycles. The number of unbranched alkanes of at least 4 members (excludes halogenated alkanes) is 1. The van der Waals surface area contributed by atoms with Gasteiger partial charge in [-0.15, -0.1) is 0 Å². The molecule has 0 bridgehead atoms. The standard InChI is InChI=1S/C10H20N2O2S2/c13-9(3-7-15)11-5-1-2-6-12-10(14)4-8-16/h15-16H,1-8H2,(H,11,13)(H,12,14). The summed E-state index contributed by atoms with van der Waals surface area (Å²) < 4.78 is 0. The highest BCUT2D eigenvalue weighted by molar-refractivity contribution is 7.80. The molecule has 2 N–H and O–H groups in total. The van der Waals surface area contributed by atoms with Gasteiger partial charge in [0, 0.05) is 25.9 Å². The molecule has 0 heterocycles. The number of carbonyl (C=O) groups is 2. The van der Waals surface area contributed by atoms with Crippen molar-refractivity contribution in [2.45, 2.75) is 25.7 Å². The number of carbonyl (C=O) groups excluding carboxylic acids is 2. The van der Waals surface area contributed by atoms with E-state index in [0.717, 1.165) is 12.8 Å². The summed E-state index contributed by atoms with van der Waals surface area (Å²) in [4.78, 5) is 22.1. The Labute approximate surface area is 108 Å². The lowest BCUT2D eigenvalue weighted by molar-refractivity contribution is -0.121. The van der Waals surface area contributed by atoms with Gasteiger partial charge in [0.25, 0.3) is 0 Å². The van der Waals surface area contributed by atoms with Crippen LogP contribution in [0.25, 0.3) is 0 Å². The normalized spacial score (nSPS) is 9.88. The van der Waals surface area contributed by atoms with Gasteiger partial charge in [-0.3, -0.25) is 9.59 Å². The van der Waals surface area contributed by atoms with Crippen molar-refractivity contribution in [3.8, 4) is 0 Å². The van der Waals surface area contributed by atoms with Crippen LogP contribution in [-0.2, 0) is 9.59 Å². The first-order valence-electron chi connectivity index (χ1n) is 5.45. The second-order valence-corrected chi connectivity index (χ2v) is 4.25. The first kappa shape index (κ1) is 15.6. The van der Waals surface area contributed by atoms with E-state index in [2.05, 4.69) is 35.9 Å². The molecule has 0 aromatic rings. The molecule has 4 nitrogen and oxygen atoms in total. The van der Waals surface area contributed by atoms with Gasteiger partial charge < -0.3 is 10.6 Å². The lowest BCUT2D eigenvalue weighted by atomic mass is 10.3. The third-order valence-corrected chi connectivity index (χ3v) is 2.37. The summed E-state index contributed by atoms with van der Waals surface area (Å²) in [6, 6.07) is 0. The number of hydrogen-bond donors (Lipinski definition) is 4. The Balaban J connectivity index is 3.21. The van der Waals surface area contributed by atoms with Crippen LogP contribution in [0.2, 0.25) is 0 Å². The van der Waals surface area contributed by atoms with Gasteiger partial charge in [0.2, 0.25) is 11.8 Å². The minimum atomic E-state index is 0.0362. The van der Waals surface area contributed by atoms with Gasteiger partial charge in [-0.1, -0.05) is 0 Å². The summed E-state index contributed by atoms with van der Waals surface area (Å²) >= 11 is 7.93. The minimum Gasteiger partial charge on any atom is -0.356 e. The van der Waals surface area contributed by atoms with E-state index < -0.39 is 0 Å². The van der Waals surface area contributed by atoms with Gasteiger partial charge in [-0.05, 0) is 24.3 Å². The number of amides is 2. The van der Waals surface area contributed by atoms with Gasteiger partial charge in [0.1, 0.15) is 0 Å². The predicted molar refractivity (Wildman–Crippen MR) is 72.2 cm³/mol. The fourth-order valence-electron chi connectivity index (χ4n) is 1.09. The molecule has 0 saturated heterocycles. The molecule has 0 saturated carbocycles. The number of hydrogen-bond acceptors (Lipinski definition) is 4. The fourth-order valence-corrected chi connectivity index (χ4v) is 1.49. The van der Waals surface area contributed by atoms with Gasteiger partial charge in [0.05, 0.1) is 0 Å². The Morgan fingerprint density at radius 2 is 1.19 bits per heavy atom. The van der Waals surface area contributed by atoms with E-state index in [1.54, 1.807) is 0 Å². The summed E-state index contributed by atoms with van der Waals surface area (Å²) in [5.41, 5.74) is 0. The molecule has 0 spiro atoms. The van der Waals surface area contributed by atoms with Crippen molar-refractivity contribution in [2.75, 3.05) is 24.6 Å². The lowest BCUT2D eigenvalue weighted by Crippen LogP contribution is -2.27. The Kier molecular flexibility index (Phi) is 10.9. The van der Waals surface area contributed by atoms with Gasteiger partial charge in [-0.25, -0.2) is 0 Å². The van der Waals surface area contributed by atoms with Crippen LogP contribution in [0.4, 0.5) is 0 Å². The Morgan fingerprint density at radius 3 is 1.50 bits per heavy atom. The molecule has 0 unspecified atom stereocenters. The first-order chi connectivity index (χ1) is 7.70. The highest BCUT2D eigenvalue weighted by atomic mass is 32.1. The lowest BCUT2D eigenvalue weighted by Gasteiger charge is -2.05. The number of rotatable bonds is 9. The highest BCUT2D eigenvalue weighted by Crippen LogP contribution is 1.89. The zero-order valence-corrected chi connectivity index (χ0v) is 11.2. The first-order valence-corrected chi connectivity index (χ1v) is 6.72. The van der Waals surface area contributed by atoms with Crippen molar-refractivity contribution in [1.29, 1.82) is 0 Å². The molecule has 0 aromatic carbocycles. The van der Waals surface area contributed by atoms with Crippen molar-refractivity contribution in [1.82, 2.24) is 10.6 Å². The molecular weight excluding hydrogens is 244 g/mol. The average molecular weight is 264 g/mol. The molecule has 0 aliphatic heterocycles. The molecule has 0 aliphatic carbocycles. The van der Waals surface area contributed by atoms with Crippen LogP contribution in [0.1, 0.15) is 25.7 Å². The minimum absolute atomic E-state index is 0.0362. The summed E-state index contributed by atoms with van der Waals surface area (Å²) in [5.74, 6) is 1.22. The van der Waals surface area contributed by atoms with E-state index in [4.69, 9.17) is 0 Å². The zero-order chi connectivity index (χ0) is 12.2. The van der Waals surface area contributed by atoms with Gasteiger partial charge >= 0.3 is 0 Å². The van der Waals surface area contributed by atoms with Crippen LogP contribution in [0.3, 0.4) is 0 Å². The van der Waals surface area contributed by atoms with Crippen molar-refractivity contribution in [3.05, 3.63) is 0 Å². The van der Waals surface area contributed by atoms with E-state index in [9.17, 15) is 9.59 Å². The van der Waals surface area contributed by atoms with E-state index in [1.807, 2.05) is 0 Å². The Morgan fingerprint density at radius 1 is 0.812 bits per heavy atom. The molecule has 16 heavy (non-hydrogen) atoms. The van der Waals surface area contributed by atoms with Gasteiger partial charge in [-0.2, -0.15) is 25.3 Å². The molecule has 2 amide bonds. The molecule has 0 aliphatic rings. The maximum atomic E-state index is 11.0. The van der Waals surface area contributed by atoms with Crippen LogP contribution in [0.5, 0.6) is 0 Å². The van der Waals surface area contributed by atoms with E-state index in [1.165, 1.54) is 0 Å². The largest absolute Gasteiger partial charge is 0.356 e. The summed E-state index contributed by atoms with van der Waals surface area (Å²) in [6.45, 7) is 1.32. The monoisotopic (exact) mass is 264 g/mol. The highest BCUT2D eigenvalue weighted by Gasteiger charge is 1.99. The molecule has 0 radical (unpaired) electrons. The SMILES string of the molecule is O=C(CCS)NCCCCNC(=O)CCS. The van der Waals surface area contributed by atoms with Crippen LogP contribution in [0, 0.1) is 0 Å². The van der Waals surface area contributed by atoms with E-state index in [-0.39, 0.29) is 11.8 Å². The second kappa shape index (κ2) is 11.1. The quantitative estimate of drug-likeness (QED) is 0.365. The third kappa shape index (κ3) is 10.2.